The van der Waals surface area contributed by atoms with E-state index < -0.39 is 5.60 Å². The van der Waals surface area contributed by atoms with Crippen LogP contribution in [0.2, 0.25) is 0 Å². The van der Waals surface area contributed by atoms with Crippen LogP contribution >= 0.6 is 11.8 Å². The third-order valence-electron chi connectivity index (χ3n) is 9.51. The molecule has 0 saturated heterocycles. The van der Waals surface area contributed by atoms with Crippen LogP contribution in [0, 0.1) is 34.5 Å². The molecule has 0 spiro atoms. The smallest absolute Gasteiger partial charge is 0.0793 e. The second kappa shape index (κ2) is 6.71. The van der Waals surface area contributed by atoms with Gasteiger partial charge in [-0.25, -0.2) is 0 Å². The standard InChI is InChI=1S/C22H39NOS/c1-20-10-4-3-5-16(20)6-7-17-18(20)8-11-21(2)19(17)9-12-22(21,24)15-25-14-13-23/h16-19,24H,3-15,23H2,1-2H3/t16-,17-,18-,19+,20+,21+,22-/m1/s1. The van der Waals surface area contributed by atoms with Crippen LogP contribution in [0.5, 0.6) is 0 Å². The van der Waals surface area contributed by atoms with Crippen molar-refractivity contribution >= 4 is 11.8 Å². The Hall–Kier alpha value is 0.270. The van der Waals surface area contributed by atoms with Crippen LogP contribution < -0.4 is 5.73 Å². The summed E-state index contributed by atoms with van der Waals surface area (Å²) in [5.74, 6) is 5.44. The molecular weight excluding hydrogens is 326 g/mol. The highest BCUT2D eigenvalue weighted by atomic mass is 32.2. The predicted octanol–water partition coefficient (Wildman–Crippen LogP) is 4.84. The summed E-state index contributed by atoms with van der Waals surface area (Å²) in [7, 11) is 0. The molecule has 3 heteroatoms. The molecule has 4 fully saturated rings. The normalized spacial score (nSPS) is 52.3. The molecule has 0 aromatic rings. The summed E-state index contributed by atoms with van der Waals surface area (Å²) in [6, 6.07) is 0. The molecule has 4 saturated carbocycles. The summed E-state index contributed by atoms with van der Waals surface area (Å²) >= 11 is 1.88. The maximum atomic E-state index is 11.6. The van der Waals surface area contributed by atoms with Gasteiger partial charge in [-0.15, -0.1) is 0 Å². The van der Waals surface area contributed by atoms with Gasteiger partial charge in [-0.3, -0.25) is 0 Å². The van der Waals surface area contributed by atoms with E-state index in [1.54, 1.807) is 0 Å². The van der Waals surface area contributed by atoms with Crippen LogP contribution in [-0.4, -0.2) is 28.8 Å². The molecule has 4 rings (SSSR count). The summed E-state index contributed by atoms with van der Waals surface area (Å²) in [5.41, 5.74) is 5.99. The average Bonchev–Trinajstić information content (AvgIpc) is 2.86. The first-order valence-corrected chi connectivity index (χ1v) is 12.1. The number of thioether (sulfide) groups is 1. The van der Waals surface area contributed by atoms with Gasteiger partial charge in [0.2, 0.25) is 0 Å². The highest BCUT2D eigenvalue weighted by Gasteiger charge is 2.64. The Kier molecular flexibility index (Phi) is 5.00. The minimum Gasteiger partial charge on any atom is -0.388 e. The van der Waals surface area contributed by atoms with Crippen molar-refractivity contribution < 1.29 is 5.11 Å². The number of nitrogens with two attached hydrogens (primary N) is 1. The van der Waals surface area contributed by atoms with Crippen molar-refractivity contribution in [2.75, 3.05) is 18.1 Å². The van der Waals surface area contributed by atoms with Crippen LogP contribution in [0.15, 0.2) is 0 Å². The molecule has 0 heterocycles. The Morgan fingerprint density at radius 2 is 1.76 bits per heavy atom. The second-order valence-electron chi connectivity index (χ2n) is 10.3. The fourth-order valence-electron chi connectivity index (χ4n) is 7.97. The average molecular weight is 366 g/mol. The van der Waals surface area contributed by atoms with Crippen LogP contribution in [0.4, 0.5) is 0 Å². The first-order chi connectivity index (χ1) is 11.9. The highest BCUT2D eigenvalue weighted by Crippen LogP contribution is 2.68. The van der Waals surface area contributed by atoms with Crippen molar-refractivity contribution in [2.45, 2.75) is 83.7 Å². The topological polar surface area (TPSA) is 46.2 Å². The van der Waals surface area contributed by atoms with E-state index in [2.05, 4.69) is 13.8 Å². The zero-order chi connectivity index (χ0) is 17.7. The fourth-order valence-corrected chi connectivity index (χ4v) is 9.09. The molecule has 4 aliphatic rings. The first-order valence-electron chi connectivity index (χ1n) is 10.9. The van der Waals surface area contributed by atoms with Crippen LogP contribution in [-0.2, 0) is 0 Å². The molecule has 0 amide bonds. The lowest BCUT2D eigenvalue weighted by Crippen LogP contribution is -2.56. The van der Waals surface area contributed by atoms with E-state index in [-0.39, 0.29) is 5.41 Å². The maximum absolute atomic E-state index is 11.6. The maximum Gasteiger partial charge on any atom is 0.0793 e. The lowest BCUT2D eigenvalue weighted by Gasteiger charge is -2.61. The van der Waals surface area contributed by atoms with Crippen molar-refractivity contribution in [1.82, 2.24) is 0 Å². The van der Waals surface area contributed by atoms with Crippen molar-refractivity contribution in [3.05, 3.63) is 0 Å². The molecule has 0 radical (unpaired) electrons. The summed E-state index contributed by atoms with van der Waals surface area (Å²) in [6.45, 7) is 5.82. The van der Waals surface area contributed by atoms with Crippen LogP contribution in [0.3, 0.4) is 0 Å². The first kappa shape index (κ1) is 18.6. The van der Waals surface area contributed by atoms with E-state index in [0.717, 1.165) is 48.1 Å². The van der Waals surface area contributed by atoms with Crippen LogP contribution in [0.25, 0.3) is 0 Å². The number of hydrogen-bond donors (Lipinski definition) is 2. The van der Waals surface area contributed by atoms with E-state index in [0.29, 0.717) is 5.41 Å². The number of rotatable bonds is 4. The van der Waals surface area contributed by atoms with Gasteiger partial charge in [-0.05, 0) is 80.5 Å². The van der Waals surface area contributed by atoms with Crippen molar-refractivity contribution in [3.63, 3.8) is 0 Å². The minimum atomic E-state index is -0.452. The highest BCUT2D eigenvalue weighted by molar-refractivity contribution is 7.99. The molecule has 25 heavy (non-hydrogen) atoms. The summed E-state index contributed by atoms with van der Waals surface area (Å²) in [4.78, 5) is 0. The zero-order valence-corrected chi connectivity index (χ0v) is 17.3. The Labute approximate surface area is 159 Å². The lowest BCUT2D eigenvalue weighted by molar-refractivity contribution is -0.143. The Morgan fingerprint density at radius 3 is 2.56 bits per heavy atom. The lowest BCUT2D eigenvalue weighted by atomic mass is 9.44. The van der Waals surface area contributed by atoms with Gasteiger partial charge in [0.25, 0.3) is 0 Å². The Morgan fingerprint density at radius 1 is 0.960 bits per heavy atom. The molecule has 4 aliphatic carbocycles. The minimum absolute atomic E-state index is 0.146. The molecule has 0 aromatic carbocycles. The number of fused-ring (bicyclic) bond motifs is 5. The van der Waals surface area contributed by atoms with Crippen LogP contribution in [0.1, 0.15) is 78.1 Å². The molecule has 0 aromatic heterocycles. The van der Waals surface area contributed by atoms with E-state index in [4.69, 9.17) is 5.73 Å². The quantitative estimate of drug-likeness (QED) is 0.701. The molecule has 144 valence electrons. The van der Waals surface area contributed by atoms with E-state index in [1.807, 2.05) is 11.8 Å². The van der Waals surface area contributed by atoms with Gasteiger partial charge in [-0.2, -0.15) is 11.8 Å². The largest absolute Gasteiger partial charge is 0.388 e. The van der Waals surface area contributed by atoms with Crippen molar-refractivity contribution in [1.29, 1.82) is 0 Å². The van der Waals surface area contributed by atoms with Gasteiger partial charge in [0.1, 0.15) is 0 Å². The number of hydrogen-bond acceptors (Lipinski definition) is 3. The van der Waals surface area contributed by atoms with Gasteiger partial charge in [0.05, 0.1) is 5.60 Å². The molecule has 3 N–H and O–H groups in total. The van der Waals surface area contributed by atoms with Gasteiger partial charge in [0, 0.05) is 23.5 Å². The van der Waals surface area contributed by atoms with Gasteiger partial charge < -0.3 is 10.8 Å². The zero-order valence-electron chi connectivity index (χ0n) is 16.4. The molecule has 0 unspecified atom stereocenters. The van der Waals surface area contributed by atoms with Gasteiger partial charge in [0.15, 0.2) is 0 Å². The third kappa shape index (κ3) is 2.74. The Bertz CT molecular complexity index is 498. The Balaban J connectivity index is 1.55. The second-order valence-corrected chi connectivity index (χ2v) is 11.4. The van der Waals surface area contributed by atoms with Gasteiger partial charge in [-0.1, -0.05) is 26.7 Å². The molecule has 7 atom stereocenters. The molecule has 0 aliphatic heterocycles. The van der Waals surface area contributed by atoms with E-state index in [9.17, 15) is 5.11 Å². The van der Waals surface area contributed by atoms with Crippen molar-refractivity contribution in [3.8, 4) is 0 Å². The molecule has 0 bridgehead atoms. The molecular formula is C22H39NOS. The molecule has 2 nitrogen and oxygen atoms in total. The fraction of sp³-hybridized carbons (Fsp3) is 1.00. The predicted molar refractivity (Wildman–Crippen MR) is 108 cm³/mol. The summed E-state index contributed by atoms with van der Waals surface area (Å²) in [6.07, 6.45) is 13.7. The summed E-state index contributed by atoms with van der Waals surface area (Å²) in [5, 5.41) is 11.6. The third-order valence-corrected chi connectivity index (χ3v) is 10.7. The van der Waals surface area contributed by atoms with Gasteiger partial charge >= 0.3 is 0 Å². The SMILES string of the molecule is C[C@]12CCCC[C@@H]1CC[C@@H]1[C@H]2CC[C@@]2(C)[C@H]1CC[C@@]2(O)CSCCN. The van der Waals surface area contributed by atoms with E-state index >= 15 is 0 Å². The van der Waals surface area contributed by atoms with E-state index in [1.165, 1.54) is 57.8 Å². The monoisotopic (exact) mass is 365 g/mol. The van der Waals surface area contributed by atoms with Crippen molar-refractivity contribution in [2.24, 2.45) is 40.2 Å². The summed E-state index contributed by atoms with van der Waals surface area (Å²) < 4.78 is 0. The number of aliphatic hydroxyl groups is 1.